The van der Waals surface area contributed by atoms with Crippen LogP contribution in [-0.4, -0.2) is 15.0 Å². The van der Waals surface area contributed by atoms with Crippen molar-refractivity contribution in [3.63, 3.8) is 0 Å². The third-order valence-corrected chi connectivity index (χ3v) is 7.46. The molecule has 0 radical (unpaired) electrons. The summed E-state index contributed by atoms with van der Waals surface area (Å²) in [6, 6.07) is 48.5. The van der Waals surface area contributed by atoms with E-state index >= 15 is 0 Å². The molecule has 0 N–H and O–H groups in total. The summed E-state index contributed by atoms with van der Waals surface area (Å²) >= 11 is 0. The average molecular weight is 526 g/mol. The fourth-order valence-electron chi connectivity index (χ4n) is 5.33. The zero-order chi connectivity index (χ0) is 27.6. The van der Waals surface area contributed by atoms with Crippen molar-refractivity contribution in [1.29, 1.82) is 0 Å². The Morgan fingerprint density at radius 2 is 1.02 bits per heavy atom. The number of pyridine rings is 1. The summed E-state index contributed by atoms with van der Waals surface area (Å²) in [6.45, 7) is 2.05. The molecule has 3 nitrogen and oxygen atoms in total. The monoisotopic (exact) mass is 525 g/mol. The second kappa shape index (κ2) is 10.6. The van der Waals surface area contributed by atoms with Crippen molar-refractivity contribution in [2.24, 2.45) is 0 Å². The van der Waals surface area contributed by atoms with Crippen LogP contribution in [0.1, 0.15) is 5.69 Å². The minimum absolute atomic E-state index is 0.690. The molecule has 0 aliphatic heterocycles. The number of fused-ring (bicyclic) bond motifs is 1. The van der Waals surface area contributed by atoms with E-state index in [0.717, 1.165) is 56.0 Å². The van der Waals surface area contributed by atoms with E-state index in [1.54, 1.807) is 0 Å². The first-order valence-electron chi connectivity index (χ1n) is 13.8. The number of aryl methyl sites for hydroxylation is 1. The second-order valence-corrected chi connectivity index (χ2v) is 10.2. The summed E-state index contributed by atoms with van der Waals surface area (Å²) < 4.78 is 0. The summed E-state index contributed by atoms with van der Waals surface area (Å²) in [4.78, 5) is 14.8. The van der Waals surface area contributed by atoms with Crippen LogP contribution in [0.5, 0.6) is 0 Å². The third-order valence-electron chi connectivity index (χ3n) is 7.46. The van der Waals surface area contributed by atoms with Crippen molar-refractivity contribution >= 4 is 10.8 Å². The van der Waals surface area contributed by atoms with Crippen LogP contribution in [0.25, 0.3) is 66.9 Å². The lowest BCUT2D eigenvalue weighted by molar-refractivity contribution is 1.18. The molecule has 0 amide bonds. The minimum atomic E-state index is 0.690. The Hall–Kier alpha value is -5.41. The van der Waals surface area contributed by atoms with Crippen LogP contribution in [0.3, 0.4) is 0 Å². The molecule has 41 heavy (non-hydrogen) atoms. The maximum Gasteiger partial charge on any atom is 0.160 e. The lowest BCUT2D eigenvalue weighted by Gasteiger charge is -2.14. The third kappa shape index (κ3) is 5.02. The maximum absolute atomic E-state index is 5.11. The van der Waals surface area contributed by atoms with Gasteiger partial charge in [0.25, 0.3) is 0 Å². The largest absolute Gasteiger partial charge is 0.261 e. The van der Waals surface area contributed by atoms with E-state index in [1.165, 1.54) is 10.8 Å². The molecule has 0 aliphatic carbocycles. The number of nitrogens with zero attached hydrogens (tertiary/aromatic N) is 3. The Labute approximate surface area is 239 Å². The van der Waals surface area contributed by atoms with Gasteiger partial charge in [0, 0.05) is 34.1 Å². The van der Waals surface area contributed by atoms with E-state index in [9.17, 15) is 0 Å². The Kier molecular flexibility index (Phi) is 6.38. The van der Waals surface area contributed by atoms with Gasteiger partial charge in [0.05, 0.1) is 11.4 Å². The number of benzene rings is 5. The van der Waals surface area contributed by atoms with Crippen LogP contribution in [0.2, 0.25) is 0 Å². The predicted octanol–water partition coefficient (Wildman–Crippen LogP) is 9.67. The first-order chi connectivity index (χ1) is 20.2. The predicted molar refractivity (Wildman–Crippen MR) is 169 cm³/mol. The van der Waals surface area contributed by atoms with Crippen LogP contribution in [0.4, 0.5) is 0 Å². The molecular weight excluding hydrogens is 498 g/mol. The second-order valence-electron chi connectivity index (χ2n) is 10.2. The topological polar surface area (TPSA) is 38.7 Å². The van der Waals surface area contributed by atoms with Gasteiger partial charge in [-0.3, -0.25) is 4.98 Å². The Morgan fingerprint density at radius 3 is 1.71 bits per heavy atom. The smallest absolute Gasteiger partial charge is 0.160 e. The summed E-state index contributed by atoms with van der Waals surface area (Å²) in [5, 5.41) is 2.44. The van der Waals surface area contributed by atoms with Gasteiger partial charge in [0.1, 0.15) is 0 Å². The van der Waals surface area contributed by atoms with Crippen LogP contribution in [-0.2, 0) is 0 Å². The van der Waals surface area contributed by atoms with Gasteiger partial charge in [-0.2, -0.15) is 0 Å². The van der Waals surface area contributed by atoms with E-state index in [4.69, 9.17) is 9.97 Å². The van der Waals surface area contributed by atoms with Crippen LogP contribution in [0, 0.1) is 6.92 Å². The average Bonchev–Trinajstić information content (AvgIpc) is 3.05. The SMILES string of the molecule is Cc1ncccc1-c1cc(-c2ccc3ccccc3c2)cc(-c2nc(-c3ccccc3)cc(-c3ccccc3)n2)c1. The molecule has 5 aromatic carbocycles. The van der Waals surface area contributed by atoms with Gasteiger partial charge in [-0.1, -0.05) is 103 Å². The van der Waals surface area contributed by atoms with E-state index in [1.807, 2.05) is 48.7 Å². The Balaban J connectivity index is 1.47. The standard InChI is InChI=1S/C38H27N3/c1-26-35(17-10-20-39-26)33-22-32(31-19-18-27-11-8-9-16-30(27)21-31)23-34(24-33)38-40-36(28-12-4-2-5-13-28)25-37(41-38)29-14-6-3-7-15-29/h2-25H,1H3. The van der Waals surface area contributed by atoms with Crippen molar-refractivity contribution in [3.8, 4) is 56.2 Å². The normalized spacial score (nSPS) is 11.0. The molecular formula is C38H27N3. The molecule has 0 aliphatic rings. The van der Waals surface area contributed by atoms with Gasteiger partial charge >= 0.3 is 0 Å². The van der Waals surface area contributed by atoms with E-state index < -0.39 is 0 Å². The molecule has 0 atom stereocenters. The first-order valence-corrected chi connectivity index (χ1v) is 13.8. The zero-order valence-corrected chi connectivity index (χ0v) is 22.7. The van der Waals surface area contributed by atoms with Gasteiger partial charge < -0.3 is 0 Å². The molecule has 0 spiro atoms. The molecule has 194 valence electrons. The van der Waals surface area contributed by atoms with Gasteiger partial charge in [-0.15, -0.1) is 0 Å². The highest BCUT2D eigenvalue weighted by Gasteiger charge is 2.14. The Morgan fingerprint density at radius 1 is 0.415 bits per heavy atom. The van der Waals surface area contributed by atoms with Gasteiger partial charge in [0.2, 0.25) is 0 Å². The highest BCUT2D eigenvalue weighted by atomic mass is 14.9. The molecule has 3 heteroatoms. The zero-order valence-electron chi connectivity index (χ0n) is 22.7. The fraction of sp³-hybridized carbons (Fsp3) is 0.0263. The molecule has 0 unspecified atom stereocenters. The minimum Gasteiger partial charge on any atom is -0.261 e. The number of aromatic nitrogens is 3. The molecule has 7 rings (SSSR count). The molecule has 0 saturated carbocycles. The van der Waals surface area contributed by atoms with Crippen LogP contribution < -0.4 is 0 Å². The fourth-order valence-corrected chi connectivity index (χ4v) is 5.33. The molecule has 2 heterocycles. The van der Waals surface area contributed by atoms with E-state index in [2.05, 4.69) is 109 Å². The van der Waals surface area contributed by atoms with Crippen molar-refractivity contribution in [2.75, 3.05) is 0 Å². The van der Waals surface area contributed by atoms with Crippen molar-refractivity contribution in [3.05, 3.63) is 151 Å². The van der Waals surface area contributed by atoms with E-state index in [0.29, 0.717) is 5.82 Å². The summed E-state index contributed by atoms with van der Waals surface area (Å²) in [5.41, 5.74) is 10.3. The van der Waals surface area contributed by atoms with Gasteiger partial charge in [-0.05, 0) is 70.8 Å². The first kappa shape index (κ1) is 24.6. The summed E-state index contributed by atoms with van der Waals surface area (Å²) in [5.74, 6) is 0.690. The molecule has 0 fully saturated rings. The highest BCUT2D eigenvalue weighted by Crippen LogP contribution is 2.35. The van der Waals surface area contributed by atoms with Crippen LogP contribution >= 0.6 is 0 Å². The summed E-state index contributed by atoms with van der Waals surface area (Å²) in [7, 11) is 0. The molecule has 7 aromatic rings. The van der Waals surface area contributed by atoms with Crippen molar-refractivity contribution in [1.82, 2.24) is 15.0 Å². The van der Waals surface area contributed by atoms with Crippen LogP contribution in [0.15, 0.2) is 146 Å². The van der Waals surface area contributed by atoms with E-state index in [-0.39, 0.29) is 0 Å². The van der Waals surface area contributed by atoms with Crippen molar-refractivity contribution < 1.29 is 0 Å². The lowest BCUT2D eigenvalue weighted by atomic mass is 9.94. The number of rotatable bonds is 5. The van der Waals surface area contributed by atoms with Crippen molar-refractivity contribution in [2.45, 2.75) is 6.92 Å². The van der Waals surface area contributed by atoms with Gasteiger partial charge in [-0.25, -0.2) is 9.97 Å². The Bertz CT molecular complexity index is 1940. The lowest BCUT2D eigenvalue weighted by Crippen LogP contribution is -1.97. The molecule has 2 aromatic heterocycles. The number of hydrogen-bond donors (Lipinski definition) is 0. The van der Waals surface area contributed by atoms with Gasteiger partial charge in [0.15, 0.2) is 5.82 Å². The maximum atomic E-state index is 5.11. The molecule has 0 saturated heterocycles. The number of hydrogen-bond acceptors (Lipinski definition) is 3. The quantitative estimate of drug-likeness (QED) is 0.224. The summed E-state index contributed by atoms with van der Waals surface area (Å²) in [6.07, 6.45) is 1.84. The molecule has 0 bridgehead atoms. The highest BCUT2D eigenvalue weighted by molar-refractivity contribution is 5.89.